The van der Waals surface area contributed by atoms with Crippen LogP contribution in [0.5, 0.6) is 0 Å². The lowest BCUT2D eigenvalue weighted by atomic mass is 10.1. The SMILES string of the molecule is Cc1c(-c2ccncc2)nc(-c2ccc(NC(=O)Nc3ccncc3)cc2)nc1N1CCOCC1. The maximum Gasteiger partial charge on any atom is 0.323 e. The van der Waals surface area contributed by atoms with Gasteiger partial charge >= 0.3 is 6.03 Å². The average molecular weight is 468 g/mol. The number of carbonyl (C=O) groups is 1. The number of carbonyl (C=O) groups excluding carboxylic acids is 1. The molecule has 1 fully saturated rings. The molecule has 2 N–H and O–H groups in total. The number of nitrogens with zero attached hydrogens (tertiary/aromatic N) is 5. The monoisotopic (exact) mass is 467 g/mol. The topological polar surface area (TPSA) is 105 Å². The van der Waals surface area contributed by atoms with E-state index < -0.39 is 0 Å². The molecule has 1 aromatic carbocycles. The summed E-state index contributed by atoms with van der Waals surface area (Å²) in [4.78, 5) is 32.5. The van der Waals surface area contributed by atoms with Crippen LogP contribution in [0.25, 0.3) is 22.6 Å². The molecule has 9 heteroatoms. The fourth-order valence-corrected chi connectivity index (χ4v) is 3.94. The first kappa shape index (κ1) is 22.4. The van der Waals surface area contributed by atoms with E-state index in [1.807, 2.05) is 36.4 Å². The molecule has 0 saturated carbocycles. The third kappa shape index (κ3) is 5.25. The van der Waals surface area contributed by atoms with E-state index in [2.05, 4.69) is 32.4 Å². The van der Waals surface area contributed by atoms with E-state index in [1.54, 1.807) is 36.9 Å². The van der Waals surface area contributed by atoms with Gasteiger partial charge in [0.25, 0.3) is 0 Å². The average Bonchev–Trinajstić information content (AvgIpc) is 2.91. The van der Waals surface area contributed by atoms with Crippen molar-refractivity contribution in [2.75, 3.05) is 41.8 Å². The van der Waals surface area contributed by atoms with Gasteiger partial charge in [-0.2, -0.15) is 0 Å². The highest BCUT2D eigenvalue weighted by Gasteiger charge is 2.20. The van der Waals surface area contributed by atoms with Gasteiger partial charge < -0.3 is 20.3 Å². The number of benzene rings is 1. The zero-order valence-corrected chi connectivity index (χ0v) is 19.3. The Labute approximate surface area is 203 Å². The molecule has 176 valence electrons. The minimum atomic E-state index is -0.329. The van der Waals surface area contributed by atoms with Crippen molar-refractivity contribution in [3.05, 3.63) is 78.9 Å². The Kier molecular flexibility index (Phi) is 6.58. The Balaban J connectivity index is 1.43. The highest BCUT2D eigenvalue weighted by Crippen LogP contribution is 2.31. The Morgan fingerprint density at radius 3 is 2.06 bits per heavy atom. The van der Waals surface area contributed by atoms with Gasteiger partial charge in [-0.3, -0.25) is 9.97 Å². The Hall–Kier alpha value is -4.37. The van der Waals surface area contributed by atoms with E-state index in [0.717, 1.165) is 41.3 Å². The number of pyridine rings is 2. The number of ether oxygens (including phenoxy) is 1. The van der Waals surface area contributed by atoms with Crippen LogP contribution in [-0.2, 0) is 4.74 Å². The largest absolute Gasteiger partial charge is 0.378 e. The lowest BCUT2D eigenvalue weighted by molar-refractivity contribution is 0.122. The first-order valence-electron chi connectivity index (χ1n) is 11.4. The zero-order valence-electron chi connectivity index (χ0n) is 19.3. The van der Waals surface area contributed by atoms with Crippen molar-refractivity contribution in [2.24, 2.45) is 0 Å². The van der Waals surface area contributed by atoms with Gasteiger partial charge in [0, 0.05) is 65.9 Å². The second-order valence-corrected chi connectivity index (χ2v) is 8.07. The molecular formula is C26H25N7O2. The molecule has 1 aliphatic rings. The Morgan fingerprint density at radius 2 is 1.40 bits per heavy atom. The van der Waals surface area contributed by atoms with E-state index in [4.69, 9.17) is 14.7 Å². The molecule has 9 nitrogen and oxygen atoms in total. The predicted molar refractivity (Wildman–Crippen MR) is 135 cm³/mol. The molecule has 4 heterocycles. The van der Waals surface area contributed by atoms with Crippen molar-refractivity contribution in [1.82, 2.24) is 19.9 Å². The summed E-state index contributed by atoms with van der Waals surface area (Å²) < 4.78 is 5.54. The molecular weight excluding hydrogens is 442 g/mol. The number of morpholine rings is 1. The number of urea groups is 1. The molecule has 3 aromatic heterocycles. The summed E-state index contributed by atoms with van der Waals surface area (Å²) in [5.41, 5.74) is 5.07. The smallest absolute Gasteiger partial charge is 0.323 e. The van der Waals surface area contributed by atoms with Crippen LogP contribution in [0.15, 0.2) is 73.3 Å². The molecule has 0 aliphatic carbocycles. The second kappa shape index (κ2) is 10.3. The van der Waals surface area contributed by atoms with Crippen LogP contribution in [0, 0.1) is 6.92 Å². The van der Waals surface area contributed by atoms with Gasteiger partial charge in [-0.05, 0) is 55.5 Å². The summed E-state index contributed by atoms with van der Waals surface area (Å²) in [6, 6.07) is 14.5. The third-order valence-electron chi connectivity index (χ3n) is 5.72. The zero-order chi connectivity index (χ0) is 24.0. The maximum atomic E-state index is 12.3. The first-order chi connectivity index (χ1) is 17.2. The van der Waals surface area contributed by atoms with Gasteiger partial charge in [0.1, 0.15) is 5.82 Å². The van der Waals surface area contributed by atoms with E-state index in [9.17, 15) is 4.79 Å². The maximum absolute atomic E-state index is 12.3. The van der Waals surface area contributed by atoms with Crippen LogP contribution >= 0.6 is 0 Å². The molecule has 0 unspecified atom stereocenters. The van der Waals surface area contributed by atoms with Crippen molar-refractivity contribution in [3.8, 4) is 22.6 Å². The molecule has 0 radical (unpaired) electrons. The lowest BCUT2D eigenvalue weighted by Crippen LogP contribution is -2.37. The third-order valence-corrected chi connectivity index (χ3v) is 5.72. The van der Waals surface area contributed by atoms with Gasteiger partial charge in [-0.1, -0.05) is 0 Å². The van der Waals surface area contributed by atoms with Gasteiger partial charge in [-0.15, -0.1) is 0 Å². The number of anilines is 3. The van der Waals surface area contributed by atoms with E-state index in [0.29, 0.717) is 30.4 Å². The van der Waals surface area contributed by atoms with Crippen molar-refractivity contribution in [1.29, 1.82) is 0 Å². The van der Waals surface area contributed by atoms with Crippen LogP contribution in [0.2, 0.25) is 0 Å². The van der Waals surface area contributed by atoms with Crippen molar-refractivity contribution in [2.45, 2.75) is 6.92 Å². The normalized spacial score (nSPS) is 13.3. The van der Waals surface area contributed by atoms with Crippen LogP contribution in [0.3, 0.4) is 0 Å². The molecule has 4 aromatic rings. The van der Waals surface area contributed by atoms with E-state index >= 15 is 0 Å². The molecule has 1 saturated heterocycles. The summed E-state index contributed by atoms with van der Waals surface area (Å²) in [7, 11) is 0. The summed E-state index contributed by atoms with van der Waals surface area (Å²) >= 11 is 0. The predicted octanol–water partition coefficient (Wildman–Crippen LogP) is 4.39. The summed E-state index contributed by atoms with van der Waals surface area (Å²) in [6.07, 6.45) is 6.78. The molecule has 0 bridgehead atoms. The number of aromatic nitrogens is 4. The minimum absolute atomic E-state index is 0.329. The summed E-state index contributed by atoms with van der Waals surface area (Å²) in [5.74, 6) is 1.53. The quantitative estimate of drug-likeness (QED) is 0.448. The van der Waals surface area contributed by atoms with E-state index in [1.165, 1.54) is 0 Å². The Morgan fingerprint density at radius 1 is 0.800 bits per heavy atom. The molecule has 5 rings (SSSR count). The fourth-order valence-electron chi connectivity index (χ4n) is 3.94. The number of hydrogen-bond acceptors (Lipinski definition) is 7. The highest BCUT2D eigenvalue weighted by molar-refractivity contribution is 5.99. The minimum Gasteiger partial charge on any atom is -0.378 e. The fraction of sp³-hybridized carbons (Fsp3) is 0.192. The molecule has 1 aliphatic heterocycles. The molecule has 0 spiro atoms. The highest BCUT2D eigenvalue weighted by atomic mass is 16.5. The van der Waals surface area contributed by atoms with Crippen LogP contribution in [0.1, 0.15) is 5.56 Å². The second-order valence-electron chi connectivity index (χ2n) is 8.07. The van der Waals surface area contributed by atoms with Gasteiger partial charge in [-0.25, -0.2) is 14.8 Å². The molecule has 2 amide bonds. The first-order valence-corrected chi connectivity index (χ1v) is 11.4. The van der Waals surface area contributed by atoms with Crippen LogP contribution < -0.4 is 15.5 Å². The van der Waals surface area contributed by atoms with Crippen molar-refractivity contribution in [3.63, 3.8) is 0 Å². The molecule has 0 atom stereocenters. The molecule has 35 heavy (non-hydrogen) atoms. The van der Waals surface area contributed by atoms with Crippen LogP contribution in [-0.4, -0.2) is 52.3 Å². The van der Waals surface area contributed by atoms with Crippen molar-refractivity contribution < 1.29 is 9.53 Å². The van der Waals surface area contributed by atoms with Gasteiger partial charge in [0.15, 0.2) is 5.82 Å². The Bertz CT molecular complexity index is 1290. The van der Waals surface area contributed by atoms with Crippen molar-refractivity contribution >= 4 is 23.2 Å². The van der Waals surface area contributed by atoms with Gasteiger partial charge in [0.05, 0.1) is 18.9 Å². The standard InChI is InChI=1S/C26H25N7O2/c1-18-23(19-6-10-27-11-7-19)31-24(32-25(18)33-14-16-35-17-15-33)20-2-4-21(5-3-20)29-26(34)30-22-8-12-28-13-9-22/h2-13H,14-17H2,1H3,(H2,28,29,30,34). The van der Waals surface area contributed by atoms with Gasteiger partial charge in [0.2, 0.25) is 0 Å². The number of rotatable bonds is 5. The number of nitrogens with one attached hydrogen (secondary N) is 2. The lowest BCUT2D eigenvalue weighted by Gasteiger charge is -2.30. The number of hydrogen-bond donors (Lipinski definition) is 2. The summed E-state index contributed by atoms with van der Waals surface area (Å²) in [5, 5.41) is 5.61. The van der Waals surface area contributed by atoms with E-state index in [-0.39, 0.29) is 6.03 Å². The van der Waals surface area contributed by atoms with Crippen LogP contribution in [0.4, 0.5) is 22.0 Å². The number of amides is 2. The summed E-state index contributed by atoms with van der Waals surface area (Å²) in [6.45, 7) is 4.96.